The van der Waals surface area contributed by atoms with E-state index in [0.29, 0.717) is 62.5 Å². The van der Waals surface area contributed by atoms with Gasteiger partial charge in [-0.25, -0.2) is 8.78 Å². The van der Waals surface area contributed by atoms with Gasteiger partial charge in [-0.2, -0.15) is 13.2 Å². The zero-order valence-electron chi connectivity index (χ0n) is 22.9. The fourth-order valence-electron chi connectivity index (χ4n) is 6.29. The molecule has 0 radical (unpaired) electrons. The normalized spacial score (nSPS) is 22.1. The lowest BCUT2D eigenvalue weighted by molar-refractivity contribution is -0.256. The molecule has 2 aliphatic heterocycles. The molecule has 1 aliphatic carbocycles. The van der Waals surface area contributed by atoms with Gasteiger partial charge in [-0.15, -0.1) is 0 Å². The maximum absolute atomic E-state index is 14.9. The SMILES string of the molecule is CC1CCCN(C(=O)c2ccc(-c3ccc(OCC4CCN(CC5(C(F)(F)F)CCC5)CC4)c(F)c3)cc2F)C1. The molecular formula is C31H37F5N2O2. The summed E-state index contributed by atoms with van der Waals surface area (Å²) < 4.78 is 76.1. The Hall–Kier alpha value is -2.68. The molecule has 2 aromatic rings. The van der Waals surface area contributed by atoms with Gasteiger partial charge in [0.05, 0.1) is 17.6 Å². The van der Waals surface area contributed by atoms with Gasteiger partial charge < -0.3 is 14.5 Å². The van der Waals surface area contributed by atoms with Crippen molar-refractivity contribution >= 4 is 5.91 Å². The zero-order valence-corrected chi connectivity index (χ0v) is 22.9. The number of halogens is 5. The molecule has 218 valence electrons. The van der Waals surface area contributed by atoms with Gasteiger partial charge in [0.2, 0.25) is 0 Å². The largest absolute Gasteiger partial charge is 0.490 e. The van der Waals surface area contributed by atoms with Gasteiger partial charge in [0.15, 0.2) is 11.6 Å². The van der Waals surface area contributed by atoms with Gasteiger partial charge in [-0.1, -0.05) is 25.5 Å². The number of carbonyl (C=O) groups is 1. The summed E-state index contributed by atoms with van der Waals surface area (Å²) in [4.78, 5) is 16.4. The van der Waals surface area contributed by atoms with E-state index in [9.17, 15) is 26.7 Å². The zero-order chi connectivity index (χ0) is 28.5. The number of piperidine rings is 2. The van der Waals surface area contributed by atoms with Gasteiger partial charge in [0.25, 0.3) is 5.91 Å². The maximum atomic E-state index is 14.9. The lowest BCUT2D eigenvalue weighted by atomic mass is 9.67. The number of alkyl halides is 3. The van der Waals surface area contributed by atoms with E-state index in [2.05, 4.69) is 6.92 Å². The Morgan fingerprint density at radius 1 is 0.950 bits per heavy atom. The van der Waals surface area contributed by atoms with Crippen LogP contribution < -0.4 is 4.74 Å². The monoisotopic (exact) mass is 564 g/mol. The smallest absolute Gasteiger partial charge is 0.395 e. The van der Waals surface area contributed by atoms with Crippen LogP contribution >= 0.6 is 0 Å². The fourth-order valence-corrected chi connectivity index (χ4v) is 6.29. The molecule has 2 saturated heterocycles. The van der Waals surface area contributed by atoms with E-state index in [1.54, 1.807) is 17.0 Å². The first-order valence-electron chi connectivity index (χ1n) is 14.4. The molecule has 1 amide bonds. The van der Waals surface area contributed by atoms with Crippen molar-refractivity contribution in [2.45, 2.75) is 58.0 Å². The maximum Gasteiger partial charge on any atom is 0.395 e. The Morgan fingerprint density at radius 2 is 1.62 bits per heavy atom. The van der Waals surface area contributed by atoms with E-state index in [-0.39, 0.29) is 49.1 Å². The highest BCUT2D eigenvalue weighted by Gasteiger charge is 2.58. The van der Waals surface area contributed by atoms with Crippen LogP contribution in [0.3, 0.4) is 0 Å². The molecular weight excluding hydrogens is 527 g/mol. The number of rotatable bonds is 7. The van der Waals surface area contributed by atoms with Gasteiger partial charge >= 0.3 is 6.18 Å². The van der Waals surface area contributed by atoms with Crippen molar-refractivity contribution in [2.24, 2.45) is 17.3 Å². The molecule has 0 N–H and O–H groups in total. The second kappa shape index (κ2) is 11.7. The van der Waals surface area contributed by atoms with Gasteiger partial charge in [-0.3, -0.25) is 4.79 Å². The van der Waals surface area contributed by atoms with Gasteiger partial charge in [-0.05, 0) is 98.8 Å². The topological polar surface area (TPSA) is 32.8 Å². The van der Waals surface area contributed by atoms with Crippen molar-refractivity contribution in [1.82, 2.24) is 9.80 Å². The Morgan fingerprint density at radius 3 is 2.20 bits per heavy atom. The van der Waals surface area contributed by atoms with Crippen molar-refractivity contribution in [1.29, 1.82) is 0 Å². The van der Waals surface area contributed by atoms with E-state index in [0.717, 1.165) is 12.8 Å². The highest BCUT2D eigenvalue weighted by Crippen LogP contribution is 2.53. The van der Waals surface area contributed by atoms with Gasteiger partial charge in [0, 0.05) is 19.6 Å². The number of benzene rings is 2. The van der Waals surface area contributed by atoms with Crippen molar-refractivity contribution < 1.29 is 31.5 Å². The summed E-state index contributed by atoms with van der Waals surface area (Å²) in [6.45, 7) is 4.82. The number of nitrogens with zero attached hydrogens (tertiary/aromatic N) is 2. The summed E-state index contributed by atoms with van der Waals surface area (Å²) in [5.41, 5.74) is -0.601. The minimum atomic E-state index is -4.16. The molecule has 40 heavy (non-hydrogen) atoms. The van der Waals surface area contributed by atoms with Crippen LogP contribution in [0.4, 0.5) is 22.0 Å². The van der Waals surface area contributed by atoms with Crippen LogP contribution in [0.25, 0.3) is 11.1 Å². The first-order chi connectivity index (χ1) is 19.0. The van der Waals surface area contributed by atoms with E-state index < -0.39 is 23.2 Å². The third-order valence-electron chi connectivity index (χ3n) is 9.03. The van der Waals surface area contributed by atoms with E-state index in [4.69, 9.17) is 4.74 Å². The standard InChI is InChI=1S/C31H37F5N2O2/c1-21-4-2-13-38(18-21)29(39)25-7-5-23(16-26(25)32)24-6-8-28(27(33)17-24)40-19-22-9-14-37(15-10-22)20-30(11-3-12-30)31(34,35)36/h5-8,16-17,21-22H,2-4,9-15,18-20H2,1H3. The molecule has 2 aromatic carbocycles. The van der Waals surface area contributed by atoms with Crippen LogP contribution in [0, 0.1) is 28.9 Å². The van der Waals surface area contributed by atoms with Crippen molar-refractivity contribution in [2.75, 3.05) is 39.3 Å². The highest BCUT2D eigenvalue weighted by molar-refractivity contribution is 5.95. The molecule has 0 aromatic heterocycles. The average Bonchev–Trinajstić information content (AvgIpc) is 2.89. The molecule has 2 heterocycles. The summed E-state index contributed by atoms with van der Waals surface area (Å²) in [6.07, 6.45) is 0.258. The molecule has 0 spiro atoms. The number of hydrogen-bond acceptors (Lipinski definition) is 3. The minimum absolute atomic E-state index is 0.0191. The number of likely N-dealkylation sites (tertiary alicyclic amines) is 2. The van der Waals surface area contributed by atoms with Crippen LogP contribution in [0.1, 0.15) is 62.2 Å². The summed E-state index contributed by atoms with van der Waals surface area (Å²) >= 11 is 0. The Kier molecular flexibility index (Phi) is 8.41. The van der Waals surface area contributed by atoms with Crippen molar-refractivity contribution in [3.05, 3.63) is 53.6 Å². The molecule has 0 bridgehead atoms. The van der Waals surface area contributed by atoms with E-state index in [1.165, 1.54) is 24.3 Å². The van der Waals surface area contributed by atoms with Crippen LogP contribution in [0.15, 0.2) is 36.4 Å². The number of amides is 1. The second-order valence-electron chi connectivity index (χ2n) is 12.0. The summed E-state index contributed by atoms with van der Waals surface area (Å²) in [7, 11) is 0. The predicted molar refractivity (Wildman–Crippen MR) is 143 cm³/mol. The molecule has 4 nitrogen and oxygen atoms in total. The van der Waals surface area contributed by atoms with Crippen LogP contribution in [-0.4, -0.2) is 61.2 Å². The highest BCUT2D eigenvalue weighted by atomic mass is 19.4. The molecule has 3 fully saturated rings. The lowest BCUT2D eigenvalue weighted by Crippen LogP contribution is -2.53. The predicted octanol–water partition coefficient (Wildman–Crippen LogP) is 7.33. The van der Waals surface area contributed by atoms with E-state index in [1.807, 2.05) is 4.90 Å². The number of hydrogen-bond donors (Lipinski definition) is 0. The molecule has 1 atom stereocenters. The van der Waals surface area contributed by atoms with E-state index >= 15 is 0 Å². The Balaban J connectivity index is 1.14. The third-order valence-corrected chi connectivity index (χ3v) is 9.03. The lowest BCUT2D eigenvalue weighted by Gasteiger charge is -2.47. The third kappa shape index (κ3) is 6.14. The minimum Gasteiger partial charge on any atom is -0.490 e. The quantitative estimate of drug-likeness (QED) is 0.330. The average molecular weight is 565 g/mol. The van der Waals surface area contributed by atoms with Gasteiger partial charge in [0.1, 0.15) is 5.82 Å². The second-order valence-corrected chi connectivity index (χ2v) is 12.0. The number of carbonyl (C=O) groups excluding carboxylic acids is 1. The molecule has 3 aliphatic rings. The first kappa shape index (κ1) is 28.8. The van der Waals surface area contributed by atoms with Crippen LogP contribution in [0.2, 0.25) is 0 Å². The number of ether oxygens (including phenoxy) is 1. The fraction of sp³-hybridized carbons (Fsp3) is 0.581. The summed E-state index contributed by atoms with van der Waals surface area (Å²) in [6, 6.07) is 8.79. The molecule has 5 rings (SSSR count). The molecule has 1 unspecified atom stereocenters. The summed E-state index contributed by atoms with van der Waals surface area (Å²) in [5.74, 6) is -0.913. The van der Waals surface area contributed by atoms with Crippen molar-refractivity contribution in [3.63, 3.8) is 0 Å². The van der Waals surface area contributed by atoms with Crippen molar-refractivity contribution in [3.8, 4) is 16.9 Å². The summed E-state index contributed by atoms with van der Waals surface area (Å²) in [5, 5.41) is 0. The Labute approximate surface area is 232 Å². The Bertz CT molecular complexity index is 1200. The molecule has 1 saturated carbocycles. The molecule has 9 heteroatoms. The van der Waals surface area contributed by atoms with Crippen LogP contribution in [0.5, 0.6) is 5.75 Å². The van der Waals surface area contributed by atoms with Crippen LogP contribution in [-0.2, 0) is 0 Å². The first-order valence-corrected chi connectivity index (χ1v) is 14.4.